The van der Waals surface area contributed by atoms with Gasteiger partial charge < -0.3 is 25.0 Å². The standard InChI is InChI=1S/C21H18Br4ClNO6/c22-16-14(15(21(30)31)17(23)19(25)18(16)24)20(29)27-10-3-4-13(12(26)5-10)33-8-11(28)7-32-6-9-1-2-9/h3-5,9,11,28H,1-2,6-8H2,(H,27,29)(H,30,31). The van der Waals surface area contributed by atoms with Crippen LogP contribution in [-0.4, -0.2) is 48.0 Å². The molecule has 1 aliphatic rings. The van der Waals surface area contributed by atoms with Crippen LogP contribution in [0.2, 0.25) is 5.02 Å². The maximum atomic E-state index is 13.0. The molecular weight excluding hydrogens is 717 g/mol. The number of ether oxygens (including phenoxy) is 2. The van der Waals surface area contributed by atoms with E-state index in [4.69, 9.17) is 21.1 Å². The molecule has 1 saturated carbocycles. The maximum absolute atomic E-state index is 13.0. The Bertz CT molecular complexity index is 1080. The van der Waals surface area contributed by atoms with Crippen LogP contribution in [0.25, 0.3) is 0 Å². The summed E-state index contributed by atoms with van der Waals surface area (Å²) in [5.74, 6) is -0.983. The van der Waals surface area contributed by atoms with Crippen LogP contribution >= 0.6 is 75.3 Å². The third-order valence-corrected chi connectivity index (χ3v) is 9.75. The van der Waals surface area contributed by atoms with Crippen molar-refractivity contribution in [2.24, 2.45) is 5.92 Å². The fourth-order valence-electron chi connectivity index (χ4n) is 2.82. The number of carboxylic acids is 1. The fourth-order valence-corrected chi connectivity index (χ4v) is 5.53. The Hall–Kier alpha value is -0.690. The van der Waals surface area contributed by atoms with Crippen LogP contribution in [0.3, 0.4) is 0 Å². The average Bonchev–Trinajstić information content (AvgIpc) is 3.58. The first kappa shape index (κ1) is 26.9. The smallest absolute Gasteiger partial charge is 0.337 e. The third-order valence-electron chi connectivity index (χ3n) is 4.69. The zero-order valence-electron chi connectivity index (χ0n) is 16.8. The first-order valence-electron chi connectivity index (χ1n) is 9.68. The van der Waals surface area contributed by atoms with Crippen molar-refractivity contribution in [1.82, 2.24) is 0 Å². The minimum absolute atomic E-state index is 0.00591. The van der Waals surface area contributed by atoms with Crippen LogP contribution in [0, 0.1) is 5.92 Å². The predicted molar refractivity (Wildman–Crippen MR) is 139 cm³/mol. The van der Waals surface area contributed by atoms with Gasteiger partial charge in [-0.25, -0.2) is 4.79 Å². The van der Waals surface area contributed by atoms with Gasteiger partial charge in [-0.2, -0.15) is 0 Å². The van der Waals surface area contributed by atoms with Gasteiger partial charge in [0, 0.05) is 30.2 Å². The molecule has 2 aromatic rings. The highest BCUT2D eigenvalue weighted by molar-refractivity contribution is 9.15. The van der Waals surface area contributed by atoms with Gasteiger partial charge in [-0.3, -0.25) is 4.79 Å². The van der Waals surface area contributed by atoms with Gasteiger partial charge in [0.15, 0.2) is 0 Å². The number of hydrogen-bond acceptors (Lipinski definition) is 5. The van der Waals surface area contributed by atoms with E-state index < -0.39 is 18.0 Å². The number of carbonyl (C=O) groups excluding carboxylic acids is 1. The third kappa shape index (κ3) is 6.93. The molecule has 1 atom stereocenters. The van der Waals surface area contributed by atoms with E-state index in [2.05, 4.69) is 69.0 Å². The molecule has 1 fully saturated rings. The van der Waals surface area contributed by atoms with Crippen molar-refractivity contribution in [3.05, 3.63) is 52.2 Å². The van der Waals surface area contributed by atoms with E-state index in [1.54, 1.807) is 12.1 Å². The number of aliphatic hydroxyl groups excluding tert-OH is 1. The van der Waals surface area contributed by atoms with Gasteiger partial charge in [0.25, 0.3) is 5.91 Å². The Kier molecular flexibility index (Phi) is 9.65. The second kappa shape index (κ2) is 11.8. The van der Waals surface area contributed by atoms with Crippen LogP contribution in [0.5, 0.6) is 5.75 Å². The summed E-state index contributed by atoms with van der Waals surface area (Å²) in [6.45, 7) is 0.838. The molecule has 1 unspecified atom stereocenters. The van der Waals surface area contributed by atoms with Crippen molar-refractivity contribution >= 4 is 92.9 Å². The van der Waals surface area contributed by atoms with Crippen LogP contribution in [-0.2, 0) is 4.74 Å². The zero-order valence-corrected chi connectivity index (χ0v) is 23.9. The number of benzene rings is 2. The monoisotopic (exact) mass is 731 g/mol. The highest BCUT2D eigenvalue weighted by Crippen LogP contribution is 2.42. The molecule has 0 bridgehead atoms. The topological polar surface area (TPSA) is 105 Å². The Morgan fingerprint density at radius 3 is 2.27 bits per heavy atom. The second-order valence-corrected chi connectivity index (χ2v) is 10.9. The summed E-state index contributed by atoms with van der Waals surface area (Å²) < 4.78 is 12.4. The second-order valence-electron chi connectivity index (χ2n) is 7.36. The SMILES string of the molecule is O=C(O)c1c(Br)c(Br)c(Br)c(Br)c1C(=O)Nc1ccc(OCC(O)COCC2CC2)c(Cl)c1. The summed E-state index contributed by atoms with van der Waals surface area (Å²) in [4.78, 5) is 24.8. The van der Waals surface area contributed by atoms with Crippen molar-refractivity contribution in [2.45, 2.75) is 18.9 Å². The van der Waals surface area contributed by atoms with Crippen molar-refractivity contribution in [3.8, 4) is 5.75 Å². The lowest BCUT2D eigenvalue weighted by molar-refractivity contribution is 0.00874. The number of nitrogens with one attached hydrogen (secondary N) is 1. The van der Waals surface area contributed by atoms with Gasteiger partial charge in [0.05, 0.1) is 22.8 Å². The van der Waals surface area contributed by atoms with Gasteiger partial charge in [-0.15, -0.1) is 0 Å². The van der Waals surface area contributed by atoms with E-state index in [-0.39, 0.29) is 38.3 Å². The van der Waals surface area contributed by atoms with Crippen molar-refractivity contribution in [1.29, 1.82) is 0 Å². The Labute approximate surface area is 228 Å². The number of hydrogen-bond donors (Lipinski definition) is 3. The van der Waals surface area contributed by atoms with Gasteiger partial charge in [-0.05, 0) is 101 Å². The average molecular weight is 735 g/mol. The molecule has 33 heavy (non-hydrogen) atoms. The number of aromatic carboxylic acids is 1. The molecule has 0 aromatic heterocycles. The zero-order chi connectivity index (χ0) is 24.3. The molecule has 7 nitrogen and oxygen atoms in total. The molecule has 178 valence electrons. The van der Waals surface area contributed by atoms with E-state index in [0.29, 0.717) is 32.9 Å². The lowest BCUT2D eigenvalue weighted by atomic mass is 10.1. The van der Waals surface area contributed by atoms with Gasteiger partial charge in [0.1, 0.15) is 18.5 Å². The number of halogens is 5. The number of amides is 1. The molecule has 3 N–H and O–H groups in total. The number of aliphatic hydroxyl groups is 1. The highest BCUT2D eigenvalue weighted by Gasteiger charge is 2.28. The van der Waals surface area contributed by atoms with E-state index in [0.717, 1.165) is 0 Å². The van der Waals surface area contributed by atoms with E-state index in [1.165, 1.54) is 18.9 Å². The summed E-state index contributed by atoms with van der Waals surface area (Å²) >= 11 is 19.4. The maximum Gasteiger partial charge on any atom is 0.337 e. The van der Waals surface area contributed by atoms with Crippen LogP contribution in [0.1, 0.15) is 33.6 Å². The normalized spacial score (nSPS) is 14.1. The van der Waals surface area contributed by atoms with E-state index >= 15 is 0 Å². The predicted octanol–water partition coefficient (Wildman–Crippen LogP) is 6.51. The van der Waals surface area contributed by atoms with Crippen LogP contribution < -0.4 is 10.1 Å². The summed E-state index contributed by atoms with van der Waals surface area (Å²) in [6.07, 6.45) is 1.56. The molecule has 0 spiro atoms. The number of rotatable bonds is 10. The molecule has 0 radical (unpaired) electrons. The summed E-state index contributed by atoms with van der Waals surface area (Å²) in [7, 11) is 0. The number of carboxylic acid groups (broad SMARTS) is 1. The Balaban J connectivity index is 1.68. The fraction of sp³-hybridized carbons (Fsp3) is 0.333. The molecular formula is C21H18Br4ClNO6. The summed E-state index contributed by atoms with van der Waals surface area (Å²) in [5, 5.41) is 22.5. The largest absolute Gasteiger partial charge is 0.489 e. The van der Waals surface area contributed by atoms with Crippen molar-refractivity contribution in [2.75, 3.05) is 25.1 Å². The van der Waals surface area contributed by atoms with Gasteiger partial charge in [0.2, 0.25) is 0 Å². The molecule has 0 aliphatic heterocycles. The minimum Gasteiger partial charge on any atom is -0.489 e. The number of anilines is 1. The first-order chi connectivity index (χ1) is 15.6. The van der Waals surface area contributed by atoms with Gasteiger partial charge >= 0.3 is 5.97 Å². The number of carbonyl (C=O) groups is 2. The molecule has 12 heteroatoms. The molecule has 1 amide bonds. The van der Waals surface area contributed by atoms with E-state index in [1.807, 2.05) is 0 Å². The van der Waals surface area contributed by atoms with Crippen LogP contribution in [0.4, 0.5) is 5.69 Å². The highest BCUT2D eigenvalue weighted by atomic mass is 79.9. The van der Waals surface area contributed by atoms with Crippen molar-refractivity contribution < 1.29 is 29.3 Å². The van der Waals surface area contributed by atoms with Crippen LogP contribution in [0.15, 0.2) is 36.1 Å². The molecule has 3 rings (SSSR count). The molecule has 0 heterocycles. The first-order valence-corrected chi connectivity index (χ1v) is 13.2. The van der Waals surface area contributed by atoms with E-state index in [9.17, 15) is 19.8 Å². The lowest BCUT2D eigenvalue weighted by Crippen LogP contribution is -2.24. The molecule has 1 aliphatic carbocycles. The Morgan fingerprint density at radius 2 is 1.70 bits per heavy atom. The summed E-state index contributed by atoms with van der Waals surface area (Å²) in [6, 6.07) is 4.59. The van der Waals surface area contributed by atoms with Gasteiger partial charge in [-0.1, -0.05) is 11.6 Å². The minimum atomic E-state index is -1.28. The molecule has 2 aromatic carbocycles. The lowest BCUT2D eigenvalue weighted by Gasteiger charge is -2.16. The summed E-state index contributed by atoms with van der Waals surface area (Å²) in [5.41, 5.74) is 0.0534. The quantitative estimate of drug-likeness (QED) is 0.190. The molecule has 0 saturated heterocycles. The Morgan fingerprint density at radius 1 is 1.06 bits per heavy atom. The van der Waals surface area contributed by atoms with Crippen molar-refractivity contribution in [3.63, 3.8) is 0 Å².